The molecule has 0 bridgehead atoms. The molecule has 2 aliphatic carbocycles. The highest BCUT2D eigenvalue weighted by atomic mass is 79.9. The first kappa shape index (κ1) is 21.8. The number of benzene rings is 1. The first-order chi connectivity index (χ1) is 14.7. The van der Waals surface area contributed by atoms with Gasteiger partial charge in [-0.15, -0.1) is 0 Å². The van der Waals surface area contributed by atoms with Gasteiger partial charge in [-0.25, -0.2) is 0 Å². The van der Waals surface area contributed by atoms with E-state index in [0.29, 0.717) is 35.7 Å². The van der Waals surface area contributed by atoms with E-state index in [1.807, 2.05) is 26.0 Å². The molecule has 2 N–H and O–H groups in total. The second-order valence-corrected chi connectivity index (χ2v) is 10.1. The molecule has 0 amide bonds. The molecule has 164 valence electrons. The molecule has 1 aliphatic heterocycles. The number of Topliss-reactive ketones (excluding diaryl/α,β-unsaturated/α-hetero) is 1. The summed E-state index contributed by atoms with van der Waals surface area (Å²) in [5, 5.41) is 9.84. The topological polar surface area (TPSA) is 94.6 Å². The van der Waals surface area contributed by atoms with Gasteiger partial charge in [0, 0.05) is 18.4 Å². The zero-order valence-corrected chi connectivity index (χ0v) is 19.7. The van der Waals surface area contributed by atoms with Crippen LogP contribution in [0.4, 0.5) is 0 Å². The fourth-order valence-electron chi connectivity index (χ4n) is 4.81. The van der Waals surface area contributed by atoms with Gasteiger partial charge in [0.1, 0.15) is 17.4 Å². The Hall–Kier alpha value is -2.46. The van der Waals surface area contributed by atoms with Crippen LogP contribution in [0, 0.1) is 16.7 Å². The van der Waals surface area contributed by atoms with Crippen LogP contribution in [0.1, 0.15) is 63.9 Å². The van der Waals surface area contributed by atoms with E-state index in [1.165, 1.54) is 0 Å². The molecule has 0 unspecified atom stereocenters. The summed E-state index contributed by atoms with van der Waals surface area (Å²) in [4.78, 5) is 13.2. The van der Waals surface area contributed by atoms with E-state index in [0.717, 1.165) is 35.7 Å². The first-order valence-electron chi connectivity index (χ1n) is 10.6. The van der Waals surface area contributed by atoms with Crippen molar-refractivity contribution in [1.82, 2.24) is 0 Å². The highest BCUT2D eigenvalue weighted by molar-refractivity contribution is 9.10. The van der Waals surface area contributed by atoms with Gasteiger partial charge in [0.2, 0.25) is 5.88 Å². The molecule has 1 aromatic rings. The summed E-state index contributed by atoms with van der Waals surface area (Å²) in [6.07, 6.45) is 5.52. The number of nitriles is 1. The Bertz CT molecular complexity index is 1030. The number of carbonyl (C=O) groups excluding carboxylic acids is 1. The van der Waals surface area contributed by atoms with Gasteiger partial charge in [-0.2, -0.15) is 5.26 Å². The molecule has 6 nitrogen and oxygen atoms in total. The number of rotatable bonds is 4. The van der Waals surface area contributed by atoms with E-state index >= 15 is 0 Å². The number of hydrogen-bond acceptors (Lipinski definition) is 6. The van der Waals surface area contributed by atoms with Gasteiger partial charge in [0.15, 0.2) is 17.3 Å². The van der Waals surface area contributed by atoms with Crippen molar-refractivity contribution >= 4 is 21.7 Å². The van der Waals surface area contributed by atoms with Gasteiger partial charge in [-0.3, -0.25) is 4.79 Å². The lowest BCUT2D eigenvalue weighted by Gasteiger charge is -2.37. The van der Waals surface area contributed by atoms with Crippen LogP contribution in [0.5, 0.6) is 11.5 Å². The van der Waals surface area contributed by atoms with E-state index in [4.69, 9.17) is 19.9 Å². The number of methoxy groups -OCH3 is 1. The van der Waals surface area contributed by atoms with Crippen molar-refractivity contribution < 1.29 is 19.0 Å². The van der Waals surface area contributed by atoms with Crippen molar-refractivity contribution in [3.8, 4) is 17.6 Å². The number of nitrogens with zero attached hydrogens (tertiary/aromatic N) is 1. The zero-order valence-electron chi connectivity index (χ0n) is 18.1. The SMILES string of the molecule is COc1cc([C@H]2C(C#N)=C(N)OC3=C2C(=O)CC(C)(C)C3)cc(Br)c1OC1CCCC1. The summed E-state index contributed by atoms with van der Waals surface area (Å²) < 4.78 is 18.4. The molecule has 0 aromatic heterocycles. The Balaban J connectivity index is 1.81. The minimum Gasteiger partial charge on any atom is -0.493 e. The van der Waals surface area contributed by atoms with Gasteiger partial charge >= 0.3 is 0 Å². The van der Waals surface area contributed by atoms with E-state index in [1.54, 1.807) is 7.11 Å². The molecule has 7 heteroatoms. The molecule has 0 saturated heterocycles. The van der Waals surface area contributed by atoms with Crippen LogP contribution in [0.2, 0.25) is 0 Å². The maximum atomic E-state index is 13.2. The Labute approximate surface area is 191 Å². The Kier molecular flexibility index (Phi) is 5.78. The molecule has 4 rings (SSSR count). The molecular formula is C24H27BrN2O4. The summed E-state index contributed by atoms with van der Waals surface area (Å²) >= 11 is 3.62. The van der Waals surface area contributed by atoms with Crippen molar-refractivity contribution in [1.29, 1.82) is 5.26 Å². The third-order valence-corrected chi connectivity index (χ3v) is 6.84. The monoisotopic (exact) mass is 486 g/mol. The molecule has 1 saturated carbocycles. The number of allylic oxidation sites excluding steroid dienone is 3. The minimum absolute atomic E-state index is 0.0159. The highest BCUT2D eigenvalue weighted by Gasteiger charge is 2.43. The Morgan fingerprint density at radius 1 is 1.26 bits per heavy atom. The fraction of sp³-hybridized carbons (Fsp3) is 0.500. The maximum absolute atomic E-state index is 13.2. The van der Waals surface area contributed by atoms with E-state index < -0.39 is 5.92 Å². The second kappa shape index (κ2) is 8.23. The van der Waals surface area contributed by atoms with Crippen LogP contribution in [0.3, 0.4) is 0 Å². The summed E-state index contributed by atoms with van der Waals surface area (Å²) in [5.41, 5.74) is 7.41. The second-order valence-electron chi connectivity index (χ2n) is 9.26. The number of halogens is 1. The number of ether oxygens (including phenoxy) is 3. The van der Waals surface area contributed by atoms with Crippen molar-refractivity contribution in [3.05, 3.63) is 45.0 Å². The average Bonchev–Trinajstić information content (AvgIpc) is 3.20. The largest absolute Gasteiger partial charge is 0.493 e. The molecule has 1 fully saturated rings. The van der Waals surface area contributed by atoms with Crippen molar-refractivity contribution in [2.24, 2.45) is 11.1 Å². The lowest BCUT2D eigenvalue weighted by molar-refractivity contribution is -0.119. The number of carbonyl (C=O) groups is 1. The third-order valence-electron chi connectivity index (χ3n) is 6.25. The van der Waals surface area contributed by atoms with E-state index in [9.17, 15) is 10.1 Å². The summed E-state index contributed by atoms with van der Waals surface area (Å²) in [5.74, 6) is 1.21. The van der Waals surface area contributed by atoms with Gasteiger partial charge in [0.25, 0.3) is 0 Å². The smallest absolute Gasteiger partial charge is 0.205 e. The fourth-order valence-corrected chi connectivity index (χ4v) is 5.36. The zero-order chi connectivity index (χ0) is 22.3. The Morgan fingerprint density at radius 2 is 1.97 bits per heavy atom. The van der Waals surface area contributed by atoms with Crippen LogP contribution in [-0.2, 0) is 9.53 Å². The first-order valence-corrected chi connectivity index (χ1v) is 11.4. The number of ketones is 1. The molecule has 31 heavy (non-hydrogen) atoms. The van der Waals surface area contributed by atoms with E-state index in [2.05, 4.69) is 22.0 Å². The predicted octanol–water partition coefficient (Wildman–Crippen LogP) is 5.23. The van der Waals surface area contributed by atoms with Crippen LogP contribution in [-0.4, -0.2) is 19.0 Å². The van der Waals surface area contributed by atoms with Crippen LogP contribution in [0.15, 0.2) is 39.4 Å². The summed E-state index contributed by atoms with van der Waals surface area (Å²) in [7, 11) is 1.59. The molecule has 0 spiro atoms. The summed E-state index contributed by atoms with van der Waals surface area (Å²) in [6, 6.07) is 5.90. The van der Waals surface area contributed by atoms with Crippen LogP contribution < -0.4 is 15.2 Å². The van der Waals surface area contributed by atoms with Gasteiger partial charge < -0.3 is 19.9 Å². The van der Waals surface area contributed by atoms with Crippen molar-refractivity contribution in [2.75, 3.05) is 7.11 Å². The highest BCUT2D eigenvalue weighted by Crippen LogP contribution is 2.50. The quantitative estimate of drug-likeness (QED) is 0.625. The molecule has 0 radical (unpaired) electrons. The lowest BCUT2D eigenvalue weighted by Crippen LogP contribution is -2.33. The number of hydrogen-bond donors (Lipinski definition) is 1. The number of nitrogens with two attached hydrogens (primary N) is 1. The maximum Gasteiger partial charge on any atom is 0.205 e. The molecule has 1 heterocycles. The van der Waals surface area contributed by atoms with Crippen molar-refractivity contribution in [3.63, 3.8) is 0 Å². The van der Waals surface area contributed by atoms with Crippen LogP contribution in [0.25, 0.3) is 0 Å². The minimum atomic E-state index is -0.594. The lowest BCUT2D eigenvalue weighted by atomic mass is 9.70. The van der Waals surface area contributed by atoms with E-state index in [-0.39, 0.29) is 28.8 Å². The van der Waals surface area contributed by atoms with Gasteiger partial charge in [-0.05, 0) is 64.7 Å². The Morgan fingerprint density at radius 3 is 2.61 bits per heavy atom. The standard InChI is InChI=1S/C24H27BrN2O4/c1-24(2)10-17(28)21-19(11-24)31-23(27)15(12-26)20(21)13-8-16(25)22(18(9-13)29-3)30-14-6-4-5-7-14/h8-9,14,20H,4-7,10-11,27H2,1-3H3/t20-/m0/s1. The molecule has 1 aromatic carbocycles. The molecular weight excluding hydrogens is 460 g/mol. The third kappa shape index (κ3) is 4.06. The molecule has 1 atom stereocenters. The summed E-state index contributed by atoms with van der Waals surface area (Å²) in [6.45, 7) is 4.06. The van der Waals surface area contributed by atoms with Crippen LogP contribution >= 0.6 is 15.9 Å². The predicted molar refractivity (Wildman–Crippen MR) is 119 cm³/mol. The average molecular weight is 487 g/mol. The van der Waals surface area contributed by atoms with Gasteiger partial charge in [-0.1, -0.05) is 13.8 Å². The normalized spacial score (nSPS) is 23.3. The molecule has 3 aliphatic rings. The van der Waals surface area contributed by atoms with Crippen molar-refractivity contribution in [2.45, 2.75) is 64.4 Å². The van der Waals surface area contributed by atoms with Gasteiger partial charge in [0.05, 0.1) is 23.6 Å².